The van der Waals surface area contributed by atoms with Gasteiger partial charge in [0.15, 0.2) is 0 Å². The third-order valence-corrected chi connectivity index (χ3v) is 2.37. The highest BCUT2D eigenvalue weighted by atomic mass is 35.5. The molecule has 0 unspecified atom stereocenters. The molecule has 0 aliphatic rings. The topological polar surface area (TPSA) is 58.7 Å². The fourth-order valence-electron chi connectivity index (χ4n) is 1.15. The predicted molar refractivity (Wildman–Crippen MR) is 67.5 cm³/mol. The molecule has 0 aliphatic heterocycles. The summed E-state index contributed by atoms with van der Waals surface area (Å²) in [5.74, 6) is 0.503. The second-order valence-corrected chi connectivity index (χ2v) is 3.60. The number of nitrogens with two attached hydrogens (primary N) is 1. The molecule has 0 saturated carbocycles. The number of alkyl halides is 1. The third kappa shape index (κ3) is 3.24. The molecule has 4 nitrogen and oxygen atoms in total. The van der Waals surface area contributed by atoms with Gasteiger partial charge in [-0.2, -0.15) is 0 Å². The standard InChI is InChI=1S/C11H14ClN3O/c1-8(16)15(2)10-5-3-4-9(6-10)14-11(13)7-12/h3-6H,7H2,1-2H3,(H2,13,14). The molecule has 0 spiro atoms. The Balaban J connectivity index is 3.00. The van der Waals surface area contributed by atoms with Crippen molar-refractivity contribution in [1.29, 1.82) is 0 Å². The Bertz CT molecular complexity index is 417. The number of rotatable bonds is 3. The fourth-order valence-corrected chi connectivity index (χ4v) is 1.21. The van der Waals surface area contributed by atoms with Gasteiger partial charge in [-0.3, -0.25) is 4.79 Å². The Kier molecular flexibility index (Phi) is 4.31. The van der Waals surface area contributed by atoms with Gasteiger partial charge in [0.1, 0.15) is 5.84 Å². The van der Waals surface area contributed by atoms with Crippen LogP contribution in [0.5, 0.6) is 0 Å². The van der Waals surface area contributed by atoms with Gasteiger partial charge in [0.2, 0.25) is 5.91 Å². The van der Waals surface area contributed by atoms with Crippen LogP contribution in [0.1, 0.15) is 6.92 Å². The SMILES string of the molecule is CC(=O)N(C)c1cccc(N=C(N)CCl)c1. The lowest BCUT2D eigenvalue weighted by Gasteiger charge is -2.14. The normalized spacial score (nSPS) is 11.3. The average molecular weight is 240 g/mol. The first-order chi connectivity index (χ1) is 7.54. The summed E-state index contributed by atoms with van der Waals surface area (Å²) < 4.78 is 0. The highest BCUT2D eigenvalue weighted by Crippen LogP contribution is 2.20. The lowest BCUT2D eigenvalue weighted by Crippen LogP contribution is -2.22. The first-order valence-corrected chi connectivity index (χ1v) is 5.31. The summed E-state index contributed by atoms with van der Waals surface area (Å²) in [4.78, 5) is 16.8. The van der Waals surface area contributed by atoms with Gasteiger partial charge in [-0.15, -0.1) is 11.6 Å². The summed E-state index contributed by atoms with van der Waals surface area (Å²) >= 11 is 5.53. The van der Waals surface area contributed by atoms with E-state index in [9.17, 15) is 4.79 Å². The van der Waals surface area contributed by atoms with Crippen LogP contribution in [-0.2, 0) is 4.79 Å². The molecule has 2 N–H and O–H groups in total. The van der Waals surface area contributed by atoms with E-state index in [1.807, 2.05) is 12.1 Å². The molecule has 86 valence electrons. The van der Waals surface area contributed by atoms with Crippen LogP contribution >= 0.6 is 11.6 Å². The molecule has 1 amide bonds. The summed E-state index contributed by atoms with van der Waals surface area (Å²) in [6.45, 7) is 1.50. The van der Waals surface area contributed by atoms with Crippen LogP contribution in [0.15, 0.2) is 29.3 Å². The Morgan fingerprint density at radius 2 is 2.25 bits per heavy atom. The zero-order valence-corrected chi connectivity index (χ0v) is 10.0. The molecule has 0 saturated heterocycles. The van der Waals surface area contributed by atoms with Crippen molar-refractivity contribution in [2.24, 2.45) is 10.7 Å². The van der Waals surface area contributed by atoms with Gasteiger partial charge in [0.25, 0.3) is 0 Å². The molecular weight excluding hydrogens is 226 g/mol. The Morgan fingerprint density at radius 1 is 1.56 bits per heavy atom. The van der Waals surface area contributed by atoms with Crippen LogP contribution in [0.2, 0.25) is 0 Å². The van der Waals surface area contributed by atoms with E-state index in [0.29, 0.717) is 11.5 Å². The van der Waals surface area contributed by atoms with E-state index in [4.69, 9.17) is 17.3 Å². The van der Waals surface area contributed by atoms with Crippen molar-refractivity contribution in [3.8, 4) is 0 Å². The summed E-state index contributed by atoms with van der Waals surface area (Å²) in [5.41, 5.74) is 6.99. The van der Waals surface area contributed by atoms with Crippen molar-refractivity contribution in [3.05, 3.63) is 24.3 Å². The molecule has 0 aliphatic carbocycles. The first kappa shape index (κ1) is 12.5. The summed E-state index contributed by atoms with van der Waals surface area (Å²) in [6, 6.07) is 7.23. The number of aliphatic imine (C=N–C) groups is 1. The molecule has 16 heavy (non-hydrogen) atoms. The Morgan fingerprint density at radius 3 is 2.81 bits per heavy atom. The third-order valence-electron chi connectivity index (χ3n) is 2.10. The summed E-state index contributed by atoms with van der Waals surface area (Å²) in [5, 5.41) is 0. The van der Waals surface area contributed by atoms with Gasteiger partial charge in [-0.25, -0.2) is 4.99 Å². The second-order valence-electron chi connectivity index (χ2n) is 3.33. The van der Waals surface area contributed by atoms with Crippen molar-refractivity contribution >= 4 is 34.7 Å². The van der Waals surface area contributed by atoms with E-state index in [1.54, 1.807) is 19.2 Å². The van der Waals surface area contributed by atoms with E-state index in [0.717, 1.165) is 5.69 Å². The Labute approximate surface area is 99.7 Å². The number of halogens is 1. The Hall–Kier alpha value is -1.55. The molecule has 0 heterocycles. The second kappa shape index (κ2) is 5.51. The number of hydrogen-bond acceptors (Lipinski definition) is 2. The highest BCUT2D eigenvalue weighted by molar-refractivity contribution is 6.28. The van der Waals surface area contributed by atoms with E-state index in [2.05, 4.69) is 4.99 Å². The summed E-state index contributed by atoms with van der Waals surface area (Å²) in [7, 11) is 1.70. The minimum absolute atomic E-state index is 0.0357. The number of anilines is 1. The lowest BCUT2D eigenvalue weighted by molar-refractivity contribution is -0.116. The maximum Gasteiger partial charge on any atom is 0.223 e. The van der Waals surface area contributed by atoms with Gasteiger partial charge < -0.3 is 10.6 Å². The van der Waals surface area contributed by atoms with E-state index in [-0.39, 0.29) is 11.8 Å². The number of amides is 1. The van der Waals surface area contributed by atoms with Crippen LogP contribution in [0.25, 0.3) is 0 Å². The van der Waals surface area contributed by atoms with Crippen molar-refractivity contribution in [3.63, 3.8) is 0 Å². The molecule has 0 aromatic heterocycles. The molecule has 1 rings (SSSR count). The van der Waals surface area contributed by atoms with E-state index >= 15 is 0 Å². The molecule has 0 radical (unpaired) electrons. The van der Waals surface area contributed by atoms with Gasteiger partial charge in [-0.05, 0) is 18.2 Å². The van der Waals surface area contributed by atoms with Crippen molar-refractivity contribution in [1.82, 2.24) is 0 Å². The van der Waals surface area contributed by atoms with Crippen LogP contribution in [0.3, 0.4) is 0 Å². The number of carbonyl (C=O) groups excluding carboxylic acids is 1. The number of benzene rings is 1. The van der Waals surface area contributed by atoms with Gasteiger partial charge in [0.05, 0.1) is 11.6 Å². The van der Waals surface area contributed by atoms with Crippen LogP contribution in [0.4, 0.5) is 11.4 Å². The smallest absolute Gasteiger partial charge is 0.223 e. The highest BCUT2D eigenvalue weighted by Gasteiger charge is 2.05. The molecule has 0 fully saturated rings. The number of carbonyl (C=O) groups is 1. The summed E-state index contributed by atoms with van der Waals surface area (Å²) in [6.07, 6.45) is 0. The van der Waals surface area contributed by atoms with E-state index in [1.165, 1.54) is 11.8 Å². The van der Waals surface area contributed by atoms with Crippen molar-refractivity contribution in [2.45, 2.75) is 6.92 Å². The fraction of sp³-hybridized carbons (Fsp3) is 0.273. The van der Waals surface area contributed by atoms with Gasteiger partial charge >= 0.3 is 0 Å². The van der Waals surface area contributed by atoms with Crippen LogP contribution in [-0.4, -0.2) is 24.7 Å². The zero-order valence-electron chi connectivity index (χ0n) is 9.27. The number of hydrogen-bond donors (Lipinski definition) is 1. The molecular formula is C11H14ClN3O. The van der Waals surface area contributed by atoms with E-state index < -0.39 is 0 Å². The molecule has 0 bridgehead atoms. The lowest BCUT2D eigenvalue weighted by atomic mass is 10.2. The van der Waals surface area contributed by atoms with Gasteiger partial charge in [-0.1, -0.05) is 6.07 Å². The molecule has 0 atom stereocenters. The largest absolute Gasteiger partial charge is 0.386 e. The van der Waals surface area contributed by atoms with Crippen LogP contribution in [0, 0.1) is 0 Å². The zero-order chi connectivity index (χ0) is 12.1. The van der Waals surface area contributed by atoms with Crippen LogP contribution < -0.4 is 10.6 Å². The minimum Gasteiger partial charge on any atom is -0.386 e. The maximum absolute atomic E-state index is 11.2. The van der Waals surface area contributed by atoms with Crippen molar-refractivity contribution in [2.75, 3.05) is 17.8 Å². The minimum atomic E-state index is -0.0357. The molecule has 1 aromatic carbocycles. The monoisotopic (exact) mass is 239 g/mol. The quantitative estimate of drug-likeness (QED) is 0.498. The molecule has 5 heteroatoms. The van der Waals surface area contributed by atoms with Crippen molar-refractivity contribution < 1.29 is 4.79 Å². The maximum atomic E-state index is 11.2. The predicted octanol–water partition coefficient (Wildman–Crippen LogP) is 1.90. The first-order valence-electron chi connectivity index (χ1n) is 4.78. The van der Waals surface area contributed by atoms with Gasteiger partial charge in [0, 0.05) is 19.7 Å². The number of amidine groups is 1. The average Bonchev–Trinajstić information content (AvgIpc) is 2.28. The number of nitrogens with zero attached hydrogens (tertiary/aromatic N) is 2. The molecule has 1 aromatic rings.